The minimum Gasteiger partial charge on any atom is -0.383 e. The van der Waals surface area contributed by atoms with Gasteiger partial charge in [0.2, 0.25) is 0 Å². The third-order valence-electron chi connectivity index (χ3n) is 2.85. The lowest BCUT2D eigenvalue weighted by molar-refractivity contribution is 0.187. The van der Waals surface area contributed by atoms with Crippen LogP contribution in [0, 0.1) is 5.82 Å². The summed E-state index contributed by atoms with van der Waals surface area (Å²) in [7, 11) is 1.66. The van der Waals surface area contributed by atoms with Crippen LogP contribution in [0.25, 0.3) is 20.8 Å². The number of methoxy groups -OCH3 is 1. The molecule has 0 atom stereocenters. The van der Waals surface area contributed by atoms with E-state index in [0.29, 0.717) is 13.2 Å². The molecule has 0 bridgehead atoms. The minimum atomic E-state index is -0.221. The zero-order valence-electron chi connectivity index (χ0n) is 10.3. The van der Waals surface area contributed by atoms with Crippen molar-refractivity contribution in [1.82, 2.24) is 14.8 Å². The third-order valence-corrected chi connectivity index (χ3v) is 3.95. The topological polar surface area (TPSA) is 39.9 Å². The molecule has 1 aromatic carbocycles. The largest absolute Gasteiger partial charge is 0.383 e. The van der Waals surface area contributed by atoms with Gasteiger partial charge in [-0.2, -0.15) is 0 Å². The number of aromatic nitrogens is 3. The fourth-order valence-corrected chi connectivity index (χ4v) is 3.00. The van der Waals surface area contributed by atoms with E-state index in [2.05, 4.69) is 10.2 Å². The van der Waals surface area contributed by atoms with E-state index in [0.717, 1.165) is 20.8 Å². The molecule has 0 aliphatic heterocycles. The van der Waals surface area contributed by atoms with Gasteiger partial charge in [0.25, 0.3) is 0 Å². The molecule has 0 amide bonds. The van der Waals surface area contributed by atoms with Crippen molar-refractivity contribution in [1.29, 1.82) is 0 Å². The molecule has 0 unspecified atom stereocenters. The summed E-state index contributed by atoms with van der Waals surface area (Å²) < 4.78 is 21.1. The van der Waals surface area contributed by atoms with Crippen LogP contribution in [0.1, 0.15) is 0 Å². The molecular formula is C13H12FN3OS. The van der Waals surface area contributed by atoms with E-state index in [-0.39, 0.29) is 5.82 Å². The van der Waals surface area contributed by atoms with E-state index in [4.69, 9.17) is 4.74 Å². The van der Waals surface area contributed by atoms with Gasteiger partial charge in [-0.15, -0.1) is 21.5 Å². The maximum absolute atomic E-state index is 13.2. The molecule has 0 aliphatic carbocycles. The van der Waals surface area contributed by atoms with Gasteiger partial charge in [-0.05, 0) is 23.6 Å². The van der Waals surface area contributed by atoms with Gasteiger partial charge in [0.15, 0.2) is 5.82 Å². The Kier molecular flexibility index (Phi) is 3.27. The Hall–Kier alpha value is -1.79. The number of rotatable bonds is 4. The van der Waals surface area contributed by atoms with Crippen molar-refractivity contribution >= 4 is 21.4 Å². The van der Waals surface area contributed by atoms with Gasteiger partial charge in [0.05, 0.1) is 11.5 Å². The molecule has 0 saturated carbocycles. The second-order valence-electron chi connectivity index (χ2n) is 4.13. The zero-order chi connectivity index (χ0) is 13.2. The van der Waals surface area contributed by atoms with Crippen molar-refractivity contribution in [2.75, 3.05) is 13.7 Å². The number of benzene rings is 1. The predicted octanol–water partition coefficient (Wildman–Crippen LogP) is 2.95. The predicted molar refractivity (Wildman–Crippen MR) is 72.7 cm³/mol. The van der Waals surface area contributed by atoms with Crippen LogP contribution in [0.3, 0.4) is 0 Å². The molecule has 6 heteroatoms. The third kappa shape index (κ3) is 2.36. The summed E-state index contributed by atoms with van der Waals surface area (Å²) in [5.41, 5.74) is 0. The summed E-state index contributed by atoms with van der Waals surface area (Å²) in [6.45, 7) is 1.30. The van der Waals surface area contributed by atoms with Crippen LogP contribution in [0.2, 0.25) is 0 Å². The first-order valence-electron chi connectivity index (χ1n) is 5.84. The molecule has 4 nitrogen and oxygen atoms in total. The molecule has 0 radical (unpaired) electrons. The molecule has 0 aliphatic rings. The molecule has 0 N–H and O–H groups in total. The van der Waals surface area contributed by atoms with Crippen LogP contribution in [0.4, 0.5) is 4.39 Å². The normalized spacial score (nSPS) is 11.3. The molecule has 3 rings (SSSR count). The second kappa shape index (κ2) is 5.07. The summed E-state index contributed by atoms with van der Waals surface area (Å²) in [6.07, 6.45) is 1.68. The smallest absolute Gasteiger partial charge is 0.173 e. The monoisotopic (exact) mass is 277 g/mol. The highest BCUT2D eigenvalue weighted by atomic mass is 32.1. The Morgan fingerprint density at radius 3 is 3.11 bits per heavy atom. The molecule has 98 valence electrons. The van der Waals surface area contributed by atoms with Gasteiger partial charge in [-0.1, -0.05) is 6.07 Å². The molecule has 3 aromatic rings. The van der Waals surface area contributed by atoms with E-state index >= 15 is 0 Å². The zero-order valence-corrected chi connectivity index (χ0v) is 11.2. The molecule has 0 saturated heterocycles. The first-order valence-corrected chi connectivity index (χ1v) is 6.66. The van der Waals surface area contributed by atoms with Crippen LogP contribution in [-0.4, -0.2) is 28.5 Å². The van der Waals surface area contributed by atoms with Crippen molar-refractivity contribution in [2.24, 2.45) is 0 Å². The summed E-state index contributed by atoms with van der Waals surface area (Å²) >= 11 is 1.51. The minimum absolute atomic E-state index is 0.221. The highest BCUT2D eigenvalue weighted by molar-refractivity contribution is 7.22. The number of ether oxygens (including phenoxy) is 1. The fraction of sp³-hybridized carbons (Fsp3) is 0.231. The van der Waals surface area contributed by atoms with E-state index in [1.54, 1.807) is 25.6 Å². The van der Waals surface area contributed by atoms with Crippen molar-refractivity contribution in [3.63, 3.8) is 0 Å². The summed E-state index contributed by atoms with van der Waals surface area (Å²) in [5.74, 6) is 0.570. The molecule has 2 aromatic heterocycles. The number of fused-ring (bicyclic) bond motifs is 1. The van der Waals surface area contributed by atoms with Crippen molar-refractivity contribution in [2.45, 2.75) is 6.54 Å². The Labute approximate surface area is 113 Å². The maximum Gasteiger partial charge on any atom is 0.173 e. The quantitative estimate of drug-likeness (QED) is 0.736. The van der Waals surface area contributed by atoms with Crippen LogP contribution in [-0.2, 0) is 11.3 Å². The molecule has 19 heavy (non-hydrogen) atoms. The molecule has 0 fully saturated rings. The standard InChI is InChI=1S/C13H12FN3OS/c1-18-5-4-17-8-15-16-13(17)12-6-9-2-3-10(14)7-11(9)19-12/h2-3,6-8H,4-5H2,1H3. The van der Waals surface area contributed by atoms with E-state index in [1.165, 1.54) is 17.4 Å². The highest BCUT2D eigenvalue weighted by Gasteiger charge is 2.11. The van der Waals surface area contributed by atoms with Gasteiger partial charge in [-0.3, -0.25) is 0 Å². The van der Waals surface area contributed by atoms with Crippen molar-refractivity contribution in [3.8, 4) is 10.7 Å². The lowest BCUT2D eigenvalue weighted by Gasteiger charge is -2.03. The molecule has 2 heterocycles. The number of hydrogen-bond donors (Lipinski definition) is 0. The van der Waals surface area contributed by atoms with E-state index in [9.17, 15) is 4.39 Å². The first-order chi connectivity index (χ1) is 9.28. The first kappa shape index (κ1) is 12.3. The van der Waals surface area contributed by atoms with Crippen LogP contribution < -0.4 is 0 Å². The van der Waals surface area contributed by atoms with Gasteiger partial charge in [0, 0.05) is 18.4 Å². The average molecular weight is 277 g/mol. The number of nitrogens with zero attached hydrogens (tertiary/aromatic N) is 3. The number of thiophene rings is 1. The Morgan fingerprint density at radius 1 is 1.37 bits per heavy atom. The van der Waals surface area contributed by atoms with E-state index in [1.807, 2.05) is 10.6 Å². The van der Waals surface area contributed by atoms with Gasteiger partial charge in [-0.25, -0.2) is 4.39 Å². The Balaban J connectivity index is 2.01. The van der Waals surface area contributed by atoms with Crippen molar-refractivity contribution in [3.05, 3.63) is 36.4 Å². The highest BCUT2D eigenvalue weighted by Crippen LogP contribution is 2.32. The van der Waals surface area contributed by atoms with Crippen LogP contribution >= 0.6 is 11.3 Å². The summed E-state index contributed by atoms with van der Waals surface area (Å²) in [4.78, 5) is 0.981. The number of halogens is 1. The fourth-order valence-electron chi connectivity index (χ4n) is 1.91. The lowest BCUT2D eigenvalue weighted by Crippen LogP contribution is -2.04. The SMILES string of the molecule is COCCn1cnnc1-c1cc2ccc(F)cc2s1. The maximum atomic E-state index is 13.2. The molecular weight excluding hydrogens is 265 g/mol. The average Bonchev–Trinajstić information content (AvgIpc) is 3.01. The number of hydrogen-bond acceptors (Lipinski definition) is 4. The summed E-state index contributed by atoms with van der Waals surface area (Å²) in [6, 6.07) is 6.79. The van der Waals surface area contributed by atoms with Gasteiger partial charge >= 0.3 is 0 Å². The summed E-state index contributed by atoms with van der Waals surface area (Å²) in [5, 5.41) is 9.08. The second-order valence-corrected chi connectivity index (χ2v) is 5.22. The molecule has 0 spiro atoms. The van der Waals surface area contributed by atoms with Gasteiger partial charge < -0.3 is 9.30 Å². The van der Waals surface area contributed by atoms with Crippen molar-refractivity contribution < 1.29 is 9.13 Å². The van der Waals surface area contributed by atoms with Gasteiger partial charge in [0.1, 0.15) is 12.1 Å². The van der Waals surface area contributed by atoms with E-state index < -0.39 is 0 Å². The van der Waals surface area contributed by atoms with Crippen LogP contribution in [0.5, 0.6) is 0 Å². The Morgan fingerprint density at radius 2 is 2.26 bits per heavy atom. The Bertz CT molecular complexity index is 707. The lowest BCUT2D eigenvalue weighted by atomic mass is 10.2. The van der Waals surface area contributed by atoms with Crippen LogP contribution in [0.15, 0.2) is 30.6 Å².